The van der Waals surface area contributed by atoms with Crippen molar-refractivity contribution in [2.24, 2.45) is 0 Å². The van der Waals surface area contributed by atoms with E-state index >= 15 is 0 Å². The molecule has 2 aromatic rings. The maximum absolute atomic E-state index is 14.8. The van der Waals surface area contributed by atoms with E-state index in [1.807, 2.05) is 4.90 Å². The number of hydrogen-bond donors (Lipinski definition) is 1. The van der Waals surface area contributed by atoms with Gasteiger partial charge in [0.1, 0.15) is 23.4 Å². The fourth-order valence-corrected chi connectivity index (χ4v) is 3.87. The van der Waals surface area contributed by atoms with Crippen LogP contribution in [0.4, 0.5) is 4.39 Å². The maximum Gasteiger partial charge on any atom is 0.320 e. The Morgan fingerprint density at radius 3 is 2.37 bits per heavy atom. The van der Waals surface area contributed by atoms with Crippen molar-refractivity contribution in [3.05, 3.63) is 59.4 Å². The molecule has 1 N–H and O–H groups in total. The van der Waals surface area contributed by atoms with Gasteiger partial charge in [0.25, 0.3) is 0 Å². The summed E-state index contributed by atoms with van der Waals surface area (Å²) < 4.78 is 25.9. The number of carbonyl (C=O) groups is 1. The summed E-state index contributed by atoms with van der Waals surface area (Å²) in [5.74, 6) is -0.204. The zero-order chi connectivity index (χ0) is 19.4. The van der Waals surface area contributed by atoms with Crippen LogP contribution in [0.2, 0.25) is 0 Å². The van der Waals surface area contributed by atoms with E-state index in [0.717, 1.165) is 12.8 Å². The van der Waals surface area contributed by atoms with Gasteiger partial charge in [-0.15, -0.1) is 0 Å². The molecule has 2 aromatic carbocycles. The Hall–Kier alpha value is -2.60. The summed E-state index contributed by atoms with van der Waals surface area (Å²) in [6.45, 7) is 0.553. The van der Waals surface area contributed by atoms with Gasteiger partial charge < -0.3 is 14.6 Å². The maximum atomic E-state index is 14.8. The van der Waals surface area contributed by atoms with Gasteiger partial charge in [-0.2, -0.15) is 0 Å². The average Bonchev–Trinajstić information content (AvgIpc) is 2.69. The molecule has 0 radical (unpaired) electrons. The molecule has 144 valence electrons. The standard InChI is InChI=1S/C21H24FNO4/c1-26-17-11-7-12-18(27-2)19(17)20(14-8-3-4-9-15(14)22)23-13-6-5-10-16(23)21(24)25/h3-4,7-9,11-12,16,20H,5-6,10,13H2,1-2H3,(H,24,25). The second-order valence-electron chi connectivity index (χ2n) is 6.59. The molecular formula is C21H24FNO4. The van der Waals surface area contributed by atoms with Gasteiger partial charge in [-0.25, -0.2) is 4.39 Å². The first-order valence-electron chi connectivity index (χ1n) is 9.02. The van der Waals surface area contributed by atoms with Gasteiger partial charge in [-0.1, -0.05) is 30.7 Å². The molecule has 6 heteroatoms. The van der Waals surface area contributed by atoms with Gasteiger partial charge in [-0.3, -0.25) is 9.69 Å². The van der Waals surface area contributed by atoms with Crippen LogP contribution < -0.4 is 9.47 Å². The predicted octanol–water partition coefficient (Wildman–Crippen LogP) is 3.87. The van der Waals surface area contributed by atoms with Gasteiger partial charge >= 0.3 is 5.97 Å². The normalized spacial score (nSPS) is 18.7. The molecule has 0 bridgehead atoms. The number of nitrogens with zero attached hydrogens (tertiary/aromatic N) is 1. The Morgan fingerprint density at radius 1 is 1.11 bits per heavy atom. The summed E-state index contributed by atoms with van der Waals surface area (Å²) in [6.07, 6.45) is 2.21. The van der Waals surface area contributed by atoms with Crippen LogP contribution >= 0.6 is 0 Å². The third kappa shape index (κ3) is 3.76. The number of hydrogen-bond acceptors (Lipinski definition) is 4. The third-order valence-electron chi connectivity index (χ3n) is 5.10. The highest BCUT2D eigenvalue weighted by Gasteiger charge is 2.38. The topological polar surface area (TPSA) is 59.0 Å². The summed E-state index contributed by atoms with van der Waals surface area (Å²) in [5.41, 5.74) is 1.05. The van der Waals surface area contributed by atoms with Crippen LogP contribution in [0, 0.1) is 5.82 Å². The van der Waals surface area contributed by atoms with E-state index < -0.39 is 18.1 Å². The molecule has 1 fully saturated rings. The molecule has 1 saturated heterocycles. The van der Waals surface area contributed by atoms with Crippen LogP contribution in [0.3, 0.4) is 0 Å². The molecular weight excluding hydrogens is 349 g/mol. The van der Waals surface area contributed by atoms with Crippen molar-refractivity contribution in [1.29, 1.82) is 0 Å². The van der Waals surface area contributed by atoms with Crippen molar-refractivity contribution >= 4 is 5.97 Å². The lowest BCUT2D eigenvalue weighted by atomic mass is 9.90. The monoisotopic (exact) mass is 373 g/mol. The van der Waals surface area contributed by atoms with Crippen LogP contribution in [0.1, 0.15) is 36.4 Å². The molecule has 0 spiro atoms. The molecule has 0 aromatic heterocycles. The van der Waals surface area contributed by atoms with Crippen molar-refractivity contribution in [2.45, 2.75) is 31.3 Å². The number of aliphatic carboxylic acids is 1. The molecule has 1 aliphatic rings. The third-order valence-corrected chi connectivity index (χ3v) is 5.10. The number of rotatable bonds is 6. The second-order valence-corrected chi connectivity index (χ2v) is 6.59. The highest BCUT2D eigenvalue weighted by atomic mass is 19.1. The minimum Gasteiger partial charge on any atom is -0.496 e. The fourth-order valence-electron chi connectivity index (χ4n) is 3.87. The van der Waals surface area contributed by atoms with Crippen molar-refractivity contribution < 1.29 is 23.8 Å². The lowest BCUT2D eigenvalue weighted by Crippen LogP contribution is -2.47. The Kier molecular flexibility index (Phi) is 5.96. The number of ether oxygens (including phenoxy) is 2. The largest absolute Gasteiger partial charge is 0.496 e. The molecule has 0 amide bonds. The quantitative estimate of drug-likeness (QED) is 0.833. The van der Waals surface area contributed by atoms with E-state index in [9.17, 15) is 14.3 Å². The first-order chi connectivity index (χ1) is 13.1. The van der Waals surface area contributed by atoms with Crippen LogP contribution in [-0.2, 0) is 4.79 Å². The molecule has 5 nitrogen and oxygen atoms in total. The number of methoxy groups -OCH3 is 2. The Labute approximate surface area is 158 Å². The highest BCUT2D eigenvalue weighted by Crippen LogP contribution is 2.43. The van der Waals surface area contributed by atoms with E-state index in [1.54, 1.807) is 50.6 Å². The number of benzene rings is 2. The molecule has 2 atom stereocenters. The smallest absolute Gasteiger partial charge is 0.320 e. The lowest BCUT2D eigenvalue weighted by Gasteiger charge is -2.40. The molecule has 27 heavy (non-hydrogen) atoms. The zero-order valence-electron chi connectivity index (χ0n) is 15.5. The van der Waals surface area contributed by atoms with Crippen molar-refractivity contribution in [3.8, 4) is 11.5 Å². The van der Waals surface area contributed by atoms with E-state index in [2.05, 4.69) is 0 Å². The molecule has 2 unspecified atom stereocenters. The van der Waals surface area contributed by atoms with Gasteiger partial charge in [-0.05, 0) is 37.6 Å². The Morgan fingerprint density at radius 2 is 1.78 bits per heavy atom. The van der Waals surface area contributed by atoms with E-state index in [1.165, 1.54) is 6.07 Å². The van der Waals surface area contributed by atoms with E-state index in [-0.39, 0.29) is 5.82 Å². The summed E-state index contributed by atoms with van der Waals surface area (Å²) >= 11 is 0. The number of piperidine rings is 1. The van der Waals surface area contributed by atoms with Gasteiger partial charge in [0.2, 0.25) is 0 Å². The molecule has 1 aliphatic heterocycles. The number of likely N-dealkylation sites (tertiary alicyclic amines) is 1. The van der Waals surface area contributed by atoms with E-state index in [0.29, 0.717) is 35.6 Å². The number of carboxylic acids is 1. The fraction of sp³-hybridized carbons (Fsp3) is 0.381. The molecule has 0 saturated carbocycles. The summed E-state index contributed by atoms with van der Waals surface area (Å²) in [4.78, 5) is 13.8. The van der Waals surface area contributed by atoms with Gasteiger partial charge in [0.15, 0.2) is 0 Å². The van der Waals surface area contributed by atoms with Crippen LogP contribution in [-0.4, -0.2) is 42.8 Å². The summed E-state index contributed by atoms with van der Waals surface area (Å²) in [5, 5.41) is 9.78. The van der Waals surface area contributed by atoms with Gasteiger partial charge in [0, 0.05) is 5.56 Å². The zero-order valence-corrected chi connectivity index (χ0v) is 15.5. The van der Waals surface area contributed by atoms with E-state index in [4.69, 9.17) is 9.47 Å². The van der Waals surface area contributed by atoms with Crippen LogP contribution in [0.5, 0.6) is 11.5 Å². The summed E-state index contributed by atoms with van der Waals surface area (Å²) in [7, 11) is 3.09. The number of carboxylic acid groups (broad SMARTS) is 1. The van der Waals surface area contributed by atoms with Gasteiger partial charge in [0.05, 0.1) is 25.8 Å². The minimum atomic E-state index is -0.898. The molecule has 1 heterocycles. The molecule has 0 aliphatic carbocycles. The molecule has 3 rings (SSSR count). The minimum absolute atomic E-state index is 0.384. The summed E-state index contributed by atoms with van der Waals surface area (Å²) in [6, 6.07) is 10.5. The second kappa shape index (κ2) is 8.39. The number of halogens is 1. The predicted molar refractivity (Wildman–Crippen MR) is 99.8 cm³/mol. The van der Waals surface area contributed by atoms with Crippen molar-refractivity contribution in [3.63, 3.8) is 0 Å². The van der Waals surface area contributed by atoms with Crippen LogP contribution in [0.15, 0.2) is 42.5 Å². The SMILES string of the molecule is COc1cccc(OC)c1C(c1ccccc1F)N1CCCCC1C(=O)O. The first-order valence-corrected chi connectivity index (χ1v) is 9.02. The first kappa shape index (κ1) is 19.2. The Bertz CT molecular complexity index is 788. The Balaban J connectivity index is 2.24. The average molecular weight is 373 g/mol. The highest BCUT2D eigenvalue weighted by molar-refractivity contribution is 5.74. The van der Waals surface area contributed by atoms with Crippen molar-refractivity contribution in [2.75, 3.05) is 20.8 Å². The van der Waals surface area contributed by atoms with Crippen LogP contribution in [0.25, 0.3) is 0 Å². The van der Waals surface area contributed by atoms with Crippen molar-refractivity contribution in [1.82, 2.24) is 4.90 Å². The lowest BCUT2D eigenvalue weighted by molar-refractivity contribution is -0.145.